The number of nitrogens with zero attached hydrogens (tertiary/aromatic N) is 2. The van der Waals surface area contributed by atoms with E-state index < -0.39 is 0 Å². The van der Waals surface area contributed by atoms with Gasteiger partial charge in [0.2, 0.25) is 0 Å². The lowest BCUT2D eigenvalue weighted by atomic mass is 10.1. The number of aromatic nitrogens is 2. The fourth-order valence-electron chi connectivity index (χ4n) is 1.60. The Labute approximate surface area is 110 Å². The van der Waals surface area contributed by atoms with Gasteiger partial charge in [0.15, 0.2) is 0 Å². The van der Waals surface area contributed by atoms with Crippen LogP contribution < -0.4 is 5.32 Å². The second kappa shape index (κ2) is 5.58. The molecule has 3 nitrogen and oxygen atoms in total. The molecule has 2 rings (SSSR count). The Bertz CT molecular complexity index is 481. The molecule has 0 saturated heterocycles. The van der Waals surface area contributed by atoms with Crippen LogP contribution in [0.15, 0.2) is 24.5 Å². The van der Waals surface area contributed by atoms with Gasteiger partial charge in [0, 0.05) is 17.5 Å². The van der Waals surface area contributed by atoms with Crippen LogP contribution in [-0.4, -0.2) is 17.0 Å². The first-order valence-corrected chi connectivity index (χ1v) is 6.58. The molecule has 1 unspecified atom stereocenters. The topological polar surface area (TPSA) is 37.8 Å². The number of hydrogen-bond donors (Lipinski definition) is 1. The van der Waals surface area contributed by atoms with Crippen LogP contribution >= 0.6 is 22.9 Å². The van der Waals surface area contributed by atoms with Gasteiger partial charge < -0.3 is 5.32 Å². The highest BCUT2D eigenvalue weighted by atomic mass is 35.5. The van der Waals surface area contributed by atoms with Gasteiger partial charge in [-0.1, -0.05) is 11.6 Å². The van der Waals surface area contributed by atoms with Gasteiger partial charge in [-0.3, -0.25) is 9.97 Å². The molecule has 0 fully saturated rings. The second-order valence-corrected chi connectivity index (χ2v) is 5.63. The van der Waals surface area contributed by atoms with Crippen molar-refractivity contribution in [3.05, 3.63) is 45.1 Å². The van der Waals surface area contributed by atoms with Crippen LogP contribution in [0.4, 0.5) is 0 Å². The summed E-state index contributed by atoms with van der Waals surface area (Å²) in [6.07, 6.45) is 4.50. The molecular weight excluding hydrogens is 254 g/mol. The Morgan fingerprint density at radius 2 is 2.18 bits per heavy atom. The van der Waals surface area contributed by atoms with E-state index in [9.17, 15) is 0 Å². The van der Waals surface area contributed by atoms with Gasteiger partial charge in [0.05, 0.1) is 28.0 Å². The summed E-state index contributed by atoms with van der Waals surface area (Å²) < 4.78 is 0.824. The van der Waals surface area contributed by atoms with Crippen LogP contribution in [-0.2, 0) is 6.42 Å². The number of thiophene rings is 1. The lowest BCUT2D eigenvalue weighted by molar-refractivity contribution is 0.576. The third kappa shape index (κ3) is 3.25. The molecule has 0 amide bonds. The first kappa shape index (κ1) is 12.5. The van der Waals surface area contributed by atoms with Crippen LogP contribution in [0.3, 0.4) is 0 Å². The average Bonchev–Trinajstić information content (AvgIpc) is 2.73. The van der Waals surface area contributed by atoms with E-state index in [1.165, 1.54) is 4.88 Å². The molecule has 90 valence electrons. The Morgan fingerprint density at radius 1 is 1.35 bits per heavy atom. The zero-order chi connectivity index (χ0) is 12.3. The molecule has 1 N–H and O–H groups in total. The summed E-state index contributed by atoms with van der Waals surface area (Å²) in [5.74, 6) is 0. The van der Waals surface area contributed by atoms with Crippen molar-refractivity contribution >= 4 is 22.9 Å². The smallest absolute Gasteiger partial charge is 0.0931 e. The number of hydrogen-bond acceptors (Lipinski definition) is 4. The Balaban J connectivity index is 2.13. The van der Waals surface area contributed by atoms with Crippen molar-refractivity contribution in [3.63, 3.8) is 0 Å². The van der Waals surface area contributed by atoms with Gasteiger partial charge in [-0.15, -0.1) is 11.3 Å². The van der Waals surface area contributed by atoms with Crippen LogP contribution in [0.25, 0.3) is 0 Å². The zero-order valence-corrected chi connectivity index (χ0v) is 11.3. The lowest BCUT2D eigenvalue weighted by Gasteiger charge is -2.14. The van der Waals surface area contributed by atoms with E-state index in [0.717, 1.165) is 22.1 Å². The van der Waals surface area contributed by atoms with Crippen molar-refractivity contribution in [3.8, 4) is 0 Å². The van der Waals surface area contributed by atoms with Crippen LogP contribution in [0.5, 0.6) is 0 Å². The zero-order valence-electron chi connectivity index (χ0n) is 9.77. The van der Waals surface area contributed by atoms with E-state index in [-0.39, 0.29) is 6.04 Å². The number of nitrogens with one attached hydrogen (secondary N) is 1. The predicted molar refractivity (Wildman–Crippen MR) is 71.6 cm³/mol. The second-order valence-electron chi connectivity index (χ2n) is 3.83. The fraction of sp³-hybridized carbons (Fsp3) is 0.333. The quantitative estimate of drug-likeness (QED) is 0.925. The highest BCUT2D eigenvalue weighted by Crippen LogP contribution is 2.25. The van der Waals surface area contributed by atoms with Crippen molar-refractivity contribution in [1.82, 2.24) is 15.3 Å². The minimum absolute atomic E-state index is 0.179. The SMILES string of the molecule is CNC(Cc1ccc(Cl)s1)c1cnc(C)cn1. The summed E-state index contributed by atoms with van der Waals surface area (Å²) in [4.78, 5) is 9.92. The number of likely N-dealkylation sites (N-methyl/N-ethyl adjacent to an activating group) is 1. The molecule has 0 aromatic carbocycles. The van der Waals surface area contributed by atoms with Crippen molar-refractivity contribution in [2.75, 3.05) is 7.05 Å². The van der Waals surface area contributed by atoms with Crippen molar-refractivity contribution in [2.45, 2.75) is 19.4 Å². The van der Waals surface area contributed by atoms with Gasteiger partial charge in [-0.05, 0) is 26.1 Å². The van der Waals surface area contributed by atoms with E-state index in [1.54, 1.807) is 17.5 Å². The highest BCUT2D eigenvalue weighted by Gasteiger charge is 2.13. The van der Waals surface area contributed by atoms with Crippen molar-refractivity contribution in [2.24, 2.45) is 0 Å². The summed E-state index contributed by atoms with van der Waals surface area (Å²) in [5.41, 5.74) is 1.89. The van der Waals surface area contributed by atoms with Crippen LogP contribution in [0, 0.1) is 6.92 Å². The van der Waals surface area contributed by atoms with Crippen molar-refractivity contribution < 1.29 is 0 Å². The molecule has 5 heteroatoms. The van der Waals surface area contributed by atoms with Gasteiger partial charge in [0.1, 0.15) is 0 Å². The highest BCUT2D eigenvalue weighted by molar-refractivity contribution is 7.16. The third-order valence-corrected chi connectivity index (χ3v) is 3.79. The average molecular weight is 268 g/mol. The Morgan fingerprint density at radius 3 is 2.71 bits per heavy atom. The maximum Gasteiger partial charge on any atom is 0.0931 e. The standard InChI is InChI=1S/C12H14ClN3S/c1-8-6-16-11(7-15-8)10(14-2)5-9-3-4-12(13)17-9/h3-4,6-7,10,14H,5H2,1-2H3. The molecule has 0 radical (unpaired) electrons. The van der Waals surface area contributed by atoms with E-state index >= 15 is 0 Å². The summed E-state index contributed by atoms with van der Waals surface area (Å²) in [6.45, 7) is 1.93. The number of halogens is 1. The van der Waals surface area contributed by atoms with Crippen molar-refractivity contribution in [1.29, 1.82) is 0 Å². The molecule has 0 spiro atoms. The molecule has 1 atom stereocenters. The molecule has 0 saturated carbocycles. The molecule has 2 aromatic heterocycles. The summed E-state index contributed by atoms with van der Waals surface area (Å²) in [7, 11) is 1.93. The molecule has 0 aliphatic rings. The summed E-state index contributed by atoms with van der Waals surface area (Å²) >= 11 is 7.53. The lowest BCUT2D eigenvalue weighted by Crippen LogP contribution is -2.19. The molecule has 17 heavy (non-hydrogen) atoms. The summed E-state index contributed by atoms with van der Waals surface area (Å²) in [6, 6.07) is 4.16. The van der Waals surface area contributed by atoms with E-state index in [0.29, 0.717) is 0 Å². The Kier molecular flexibility index (Phi) is 4.10. The molecular formula is C12H14ClN3S. The maximum absolute atomic E-state index is 5.92. The van der Waals surface area contributed by atoms with E-state index in [1.807, 2.05) is 26.2 Å². The minimum atomic E-state index is 0.179. The number of aryl methyl sites for hydroxylation is 1. The minimum Gasteiger partial charge on any atom is -0.311 e. The largest absolute Gasteiger partial charge is 0.311 e. The predicted octanol–water partition coefficient (Wildman–Crippen LogP) is 3.00. The monoisotopic (exact) mass is 267 g/mol. The van der Waals surface area contributed by atoms with E-state index in [2.05, 4.69) is 21.4 Å². The normalized spacial score (nSPS) is 12.6. The summed E-state index contributed by atoms with van der Waals surface area (Å²) in [5, 5.41) is 3.26. The first-order chi connectivity index (χ1) is 8.19. The fourth-order valence-corrected chi connectivity index (χ4v) is 2.73. The molecule has 0 aliphatic heterocycles. The van der Waals surface area contributed by atoms with Crippen LogP contribution in [0.1, 0.15) is 22.3 Å². The molecule has 2 aromatic rings. The maximum atomic E-state index is 5.92. The molecule has 0 bridgehead atoms. The van der Waals surface area contributed by atoms with Gasteiger partial charge >= 0.3 is 0 Å². The number of rotatable bonds is 4. The van der Waals surface area contributed by atoms with Gasteiger partial charge in [0.25, 0.3) is 0 Å². The molecule has 0 aliphatic carbocycles. The first-order valence-electron chi connectivity index (χ1n) is 5.39. The molecule has 2 heterocycles. The van der Waals surface area contributed by atoms with Gasteiger partial charge in [-0.2, -0.15) is 0 Å². The van der Waals surface area contributed by atoms with E-state index in [4.69, 9.17) is 11.6 Å². The van der Waals surface area contributed by atoms with Gasteiger partial charge in [-0.25, -0.2) is 0 Å². The Hall–Kier alpha value is -0.970. The van der Waals surface area contributed by atoms with Crippen LogP contribution in [0.2, 0.25) is 4.34 Å². The third-order valence-electron chi connectivity index (χ3n) is 2.54.